The van der Waals surface area contributed by atoms with Crippen LogP contribution < -0.4 is 5.56 Å². The van der Waals surface area contributed by atoms with Gasteiger partial charge >= 0.3 is 5.97 Å². The molecule has 0 fully saturated rings. The summed E-state index contributed by atoms with van der Waals surface area (Å²) in [6, 6.07) is 1.59. The quantitative estimate of drug-likeness (QED) is 0.787. The average molecular weight is 246 g/mol. The number of nitrogens with one attached hydrogen (secondary N) is 1. The third-order valence-corrected chi connectivity index (χ3v) is 1.97. The van der Waals surface area contributed by atoms with E-state index in [0.717, 1.165) is 4.47 Å². The lowest BCUT2D eigenvalue weighted by Crippen LogP contribution is -2.16. The van der Waals surface area contributed by atoms with Gasteiger partial charge in [0, 0.05) is 16.2 Å². The number of pyridine rings is 1. The number of carbonyl (C=O) groups is 1. The number of rotatable bonds is 2. The van der Waals surface area contributed by atoms with Crippen molar-refractivity contribution in [1.82, 2.24) is 4.98 Å². The van der Waals surface area contributed by atoms with Gasteiger partial charge in [0.05, 0.1) is 13.5 Å². The third kappa shape index (κ3) is 2.69. The average Bonchev–Trinajstić information content (AvgIpc) is 2.11. The smallest absolute Gasteiger partial charge is 0.310 e. The van der Waals surface area contributed by atoms with Crippen molar-refractivity contribution in [2.75, 3.05) is 7.11 Å². The molecule has 0 aliphatic rings. The molecule has 5 heteroatoms. The van der Waals surface area contributed by atoms with E-state index in [2.05, 4.69) is 25.7 Å². The Morgan fingerprint density at radius 2 is 2.38 bits per heavy atom. The molecule has 0 radical (unpaired) electrons. The zero-order valence-corrected chi connectivity index (χ0v) is 8.55. The maximum Gasteiger partial charge on any atom is 0.310 e. The van der Waals surface area contributed by atoms with Gasteiger partial charge in [-0.05, 0) is 22.0 Å². The first-order valence-corrected chi connectivity index (χ1v) is 4.36. The normalized spacial score (nSPS) is 9.69. The first-order chi connectivity index (χ1) is 6.13. The van der Waals surface area contributed by atoms with Crippen molar-refractivity contribution in [2.45, 2.75) is 6.42 Å². The molecule has 4 nitrogen and oxygen atoms in total. The molecule has 0 atom stereocenters. The number of hydrogen-bond acceptors (Lipinski definition) is 3. The van der Waals surface area contributed by atoms with Gasteiger partial charge < -0.3 is 9.72 Å². The Kier molecular flexibility index (Phi) is 3.25. The van der Waals surface area contributed by atoms with Crippen LogP contribution in [0.2, 0.25) is 0 Å². The molecule has 1 N–H and O–H groups in total. The number of hydrogen-bond donors (Lipinski definition) is 1. The zero-order valence-electron chi connectivity index (χ0n) is 6.96. The topological polar surface area (TPSA) is 59.2 Å². The van der Waals surface area contributed by atoms with Crippen molar-refractivity contribution < 1.29 is 9.53 Å². The molecule has 0 aromatic carbocycles. The van der Waals surface area contributed by atoms with Crippen LogP contribution in [-0.2, 0) is 16.0 Å². The first kappa shape index (κ1) is 9.98. The number of aromatic amines is 1. The highest BCUT2D eigenvalue weighted by atomic mass is 79.9. The van der Waals surface area contributed by atoms with Gasteiger partial charge in [-0.3, -0.25) is 9.59 Å². The van der Waals surface area contributed by atoms with E-state index in [4.69, 9.17) is 0 Å². The maximum absolute atomic E-state index is 11.1. The van der Waals surface area contributed by atoms with E-state index in [-0.39, 0.29) is 12.0 Å². The minimum absolute atomic E-state index is 0.00866. The van der Waals surface area contributed by atoms with Crippen LogP contribution in [-0.4, -0.2) is 18.1 Å². The van der Waals surface area contributed by atoms with Crippen LogP contribution in [0.5, 0.6) is 0 Å². The van der Waals surface area contributed by atoms with Crippen molar-refractivity contribution in [3.63, 3.8) is 0 Å². The van der Waals surface area contributed by atoms with Gasteiger partial charge in [0.25, 0.3) is 5.56 Å². The lowest BCUT2D eigenvalue weighted by Gasteiger charge is -1.98. The van der Waals surface area contributed by atoms with Gasteiger partial charge in [0.1, 0.15) is 0 Å². The Bertz CT molecular complexity index is 372. The molecule has 13 heavy (non-hydrogen) atoms. The first-order valence-electron chi connectivity index (χ1n) is 3.57. The molecule has 0 aliphatic carbocycles. The molecule has 1 aromatic rings. The highest BCUT2D eigenvalue weighted by molar-refractivity contribution is 9.10. The highest BCUT2D eigenvalue weighted by Gasteiger charge is 2.06. The number of aromatic nitrogens is 1. The largest absolute Gasteiger partial charge is 0.469 e. The van der Waals surface area contributed by atoms with Gasteiger partial charge in [-0.25, -0.2) is 0 Å². The molecule has 0 spiro atoms. The van der Waals surface area contributed by atoms with E-state index in [9.17, 15) is 9.59 Å². The second kappa shape index (κ2) is 4.23. The Labute approximate surface area is 83.1 Å². The fourth-order valence-corrected chi connectivity index (χ4v) is 1.25. The van der Waals surface area contributed by atoms with Crippen molar-refractivity contribution in [3.05, 3.63) is 32.7 Å². The molecule has 1 aromatic heterocycles. The molecule has 0 amide bonds. The Hall–Kier alpha value is -1.10. The number of esters is 1. The Morgan fingerprint density at radius 1 is 1.69 bits per heavy atom. The standard InChI is InChI=1S/C8H8BrNO3/c1-13-7(11)3-5-2-6(9)4-10-8(5)12/h2,4H,3H2,1H3,(H,10,12). The summed E-state index contributed by atoms with van der Waals surface area (Å²) in [7, 11) is 1.29. The molecule has 1 rings (SSSR count). The zero-order chi connectivity index (χ0) is 9.84. The molecule has 0 saturated carbocycles. The lowest BCUT2D eigenvalue weighted by molar-refractivity contribution is -0.139. The predicted molar refractivity (Wildman–Crippen MR) is 50.5 cm³/mol. The molecule has 0 aliphatic heterocycles. The van der Waals surface area contributed by atoms with Crippen molar-refractivity contribution >= 4 is 21.9 Å². The van der Waals surface area contributed by atoms with Crippen LogP contribution >= 0.6 is 15.9 Å². The lowest BCUT2D eigenvalue weighted by atomic mass is 10.2. The van der Waals surface area contributed by atoms with E-state index in [1.807, 2.05) is 0 Å². The maximum atomic E-state index is 11.1. The summed E-state index contributed by atoms with van der Waals surface area (Å²) in [5.41, 5.74) is 0.120. The molecule has 70 valence electrons. The summed E-state index contributed by atoms with van der Waals surface area (Å²) < 4.78 is 5.17. The van der Waals surface area contributed by atoms with Crippen molar-refractivity contribution in [3.8, 4) is 0 Å². The van der Waals surface area contributed by atoms with Crippen LogP contribution in [0, 0.1) is 0 Å². The molecule has 0 bridgehead atoms. The van der Waals surface area contributed by atoms with Gasteiger partial charge in [-0.15, -0.1) is 0 Å². The highest BCUT2D eigenvalue weighted by Crippen LogP contribution is 2.07. The van der Waals surface area contributed by atoms with Crippen LogP contribution in [0.15, 0.2) is 21.5 Å². The SMILES string of the molecule is COC(=O)Cc1cc(Br)c[nH]c1=O. The van der Waals surface area contributed by atoms with Crippen molar-refractivity contribution in [2.24, 2.45) is 0 Å². The predicted octanol–water partition coefficient (Wildman–Crippen LogP) is 0.853. The minimum Gasteiger partial charge on any atom is -0.469 e. The second-order valence-electron chi connectivity index (χ2n) is 2.43. The molecular formula is C8H8BrNO3. The fourth-order valence-electron chi connectivity index (χ4n) is 0.860. The van der Waals surface area contributed by atoms with E-state index >= 15 is 0 Å². The van der Waals surface area contributed by atoms with Gasteiger partial charge in [0.15, 0.2) is 0 Å². The summed E-state index contributed by atoms with van der Waals surface area (Å²) in [6.07, 6.45) is 1.51. The third-order valence-electron chi connectivity index (χ3n) is 1.51. The second-order valence-corrected chi connectivity index (χ2v) is 3.34. The minimum atomic E-state index is -0.427. The number of halogens is 1. The fraction of sp³-hybridized carbons (Fsp3) is 0.250. The number of ether oxygens (including phenoxy) is 1. The summed E-state index contributed by atoms with van der Waals surface area (Å²) in [5.74, 6) is -0.427. The van der Waals surface area contributed by atoms with E-state index in [0.29, 0.717) is 5.56 Å². The number of carbonyl (C=O) groups excluding carboxylic acids is 1. The van der Waals surface area contributed by atoms with Crippen LogP contribution in [0.1, 0.15) is 5.56 Å². The van der Waals surface area contributed by atoms with Crippen LogP contribution in [0.3, 0.4) is 0 Å². The monoisotopic (exact) mass is 245 g/mol. The summed E-state index contributed by atoms with van der Waals surface area (Å²) >= 11 is 3.19. The van der Waals surface area contributed by atoms with Gasteiger partial charge in [-0.2, -0.15) is 0 Å². The van der Waals surface area contributed by atoms with Gasteiger partial charge in [0.2, 0.25) is 0 Å². The van der Waals surface area contributed by atoms with Crippen molar-refractivity contribution in [1.29, 1.82) is 0 Å². The van der Waals surface area contributed by atoms with E-state index < -0.39 is 5.97 Å². The number of methoxy groups -OCH3 is 1. The molecule has 0 unspecified atom stereocenters. The van der Waals surface area contributed by atoms with E-state index in [1.165, 1.54) is 13.3 Å². The Balaban J connectivity index is 2.94. The van der Waals surface area contributed by atoms with Gasteiger partial charge in [-0.1, -0.05) is 0 Å². The molecular weight excluding hydrogens is 238 g/mol. The summed E-state index contributed by atoms with van der Waals surface area (Å²) in [6.45, 7) is 0. The molecule has 1 heterocycles. The molecule has 0 saturated heterocycles. The Morgan fingerprint density at radius 3 is 3.00 bits per heavy atom. The summed E-state index contributed by atoms with van der Waals surface area (Å²) in [4.78, 5) is 24.5. The van der Waals surface area contributed by atoms with Crippen LogP contribution in [0.4, 0.5) is 0 Å². The van der Waals surface area contributed by atoms with Crippen LogP contribution in [0.25, 0.3) is 0 Å². The number of H-pyrrole nitrogens is 1. The summed E-state index contributed by atoms with van der Waals surface area (Å²) in [5, 5.41) is 0. The van der Waals surface area contributed by atoms with E-state index in [1.54, 1.807) is 6.07 Å².